The lowest BCUT2D eigenvalue weighted by atomic mass is 10.0. The molecule has 0 fully saturated rings. The van der Waals surface area contributed by atoms with Crippen LogP contribution in [0.1, 0.15) is 15.9 Å². The molecule has 0 atom stereocenters. The van der Waals surface area contributed by atoms with Crippen LogP contribution < -0.4 is 11.3 Å². The van der Waals surface area contributed by atoms with E-state index in [-0.39, 0.29) is 29.1 Å². The molecule has 2 aromatic carbocycles. The van der Waals surface area contributed by atoms with Crippen LogP contribution in [0, 0.1) is 0 Å². The molecule has 1 aromatic heterocycles. The first-order valence-corrected chi connectivity index (χ1v) is 7.79. The number of aromatic amines is 1. The first kappa shape index (κ1) is 15.3. The van der Waals surface area contributed by atoms with Crippen LogP contribution in [-0.2, 0) is 6.42 Å². The van der Waals surface area contributed by atoms with Crippen molar-refractivity contribution in [2.24, 2.45) is 0 Å². The molecule has 0 radical (unpaired) electrons. The van der Waals surface area contributed by atoms with Gasteiger partial charge in [-0.1, -0.05) is 46.3 Å². The third-order valence-corrected chi connectivity index (χ3v) is 4.08. The number of anilines is 1. The molecule has 0 saturated heterocycles. The van der Waals surface area contributed by atoms with Crippen molar-refractivity contribution in [3.8, 4) is 5.69 Å². The number of H-pyrrole nitrogens is 1. The van der Waals surface area contributed by atoms with Gasteiger partial charge in [0, 0.05) is 16.5 Å². The maximum atomic E-state index is 12.3. The van der Waals surface area contributed by atoms with Gasteiger partial charge in [0.15, 0.2) is 5.78 Å². The van der Waals surface area contributed by atoms with Crippen LogP contribution in [0.3, 0.4) is 0 Å². The average molecular weight is 372 g/mol. The second kappa shape index (κ2) is 6.26. The molecule has 0 unspecified atom stereocenters. The van der Waals surface area contributed by atoms with Crippen LogP contribution in [0.2, 0.25) is 0 Å². The minimum Gasteiger partial charge on any atom is -0.383 e. The number of nitrogens with two attached hydrogens (primary N) is 1. The van der Waals surface area contributed by atoms with Crippen LogP contribution >= 0.6 is 15.9 Å². The van der Waals surface area contributed by atoms with E-state index in [0.717, 1.165) is 10.2 Å². The molecule has 5 nitrogen and oxygen atoms in total. The summed E-state index contributed by atoms with van der Waals surface area (Å²) >= 11 is 3.32. The number of carbonyl (C=O) groups excluding carboxylic acids is 1. The normalized spacial score (nSPS) is 10.7. The number of nitrogens with zero attached hydrogens (tertiary/aromatic N) is 1. The first-order chi connectivity index (χ1) is 11.1. The van der Waals surface area contributed by atoms with Crippen LogP contribution in [0.15, 0.2) is 63.9 Å². The van der Waals surface area contributed by atoms with E-state index in [9.17, 15) is 9.59 Å². The Bertz CT molecular complexity index is 896. The van der Waals surface area contributed by atoms with E-state index in [1.807, 2.05) is 30.3 Å². The minimum atomic E-state index is -0.350. The molecule has 0 bridgehead atoms. The fraction of sp³-hybridized carbons (Fsp3) is 0.0588. The third-order valence-electron chi connectivity index (χ3n) is 3.56. The quantitative estimate of drug-likeness (QED) is 0.691. The van der Waals surface area contributed by atoms with Crippen molar-refractivity contribution in [3.63, 3.8) is 0 Å². The van der Waals surface area contributed by atoms with Gasteiger partial charge in [-0.05, 0) is 24.3 Å². The molecule has 0 aliphatic heterocycles. The van der Waals surface area contributed by atoms with Crippen molar-refractivity contribution < 1.29 is 4.79 Å². The highest BCUT2D eigenvalue weighted by molar-refractivity contribution is 9.10. The van der Waals surface area contributed by atoms with Crippen molar-refractivity contribution in [1.29, 1.82) is 0 Å². The van der Waals surface area contributed by atoms with Crippen LogP contribution in [0.4, 0.5) is 5.82 Å². The molecule has 0 aliphatic rings. The molecule has 116 valence electrons. The van der Waals surface area contributed by atoms with E-state index in [0.29, 0.717) is 5.56 Å². The van der Waals surface area contributed by atoms with Gasteiger partial charge in [-0.2, -0.15) is 0 Å². The first-order valence-electron chi connectivity index (χ1n) is 7.00. The van der Waals surface area contributed by atoms with Gasteiger partial charge in [0.25, 0.3) is 5.56 Å². The van der Waals surface area contributed by atoms with Gasteiger partial charge in [-0.15, -0.1) is 0 Å². The molecule has 0 saturated carbocycles. The zero-order valence-electron chi connectivity index (χ0n) is 12.1. The monoisotopic (exact) mass is 371 g/mol. The number of hydrogen-bond acceptors (Lipinski definition) is 3. The number of rotatable bonds is 4. The fourth-order valence-corrected chi connectivity index (χ4v) is 2.59. The number of ketones is 1. The predicted molar refractivity (Wildman–Crippen MR) is 93.0 cm³/mol. The average Bonchev–Trinajstić information content (AvgIpc) is 2.84. The summed E-state index contributed by atoms with van der Waals surface area (Å²) in [5.41, 5.74) is 7.27. The lowest BCUT2D eigenvalue weighted by Gasteiger charge is -2.05. The zero-order valence-corrected chi connectivity index (χ0v) is 13.7. The number of Topliss-reactive ketones (excluding diaryl/α,β-unsaturated/α-hetero) is 1. The summed E-state index contributed by atoms with van der Waals surface area (Å²) in [6, 6.07) is 16.2. The molecule has 0 spiro atoms. The molecular weight excluding hydrogens is 358 g/mol. The number of para-hydroxylation sites is 1. The number of aromatic nitrogens is 2. The lowest BCUT2D eigenvalue weighted by Crippen LogP contribution is -2.13. The minimum absolute atomic E-state index is 0.0391. The summed E-state index contributed by atoms with van der Waals surface area (Å²) in [5.74, 6) is 0.104. The SMILES string of the molecule is Nc1c(CC(=O)c2ccc(Br)cc2)c(=O)[nH]n1-c1ccccc1. The Balaban J connectivity index is 1.92. The molecule has 23 heavy (non-hydrogen) atoms. The van der Waals surface area contributed by atoms with Gasteiger partial charge in [0.1, 0.15) is 5.82 Å². The van der Waals surface area contributed by atoms with Crippen molar-refractivity contribution in [3.05, 3.63) is 80.6 Å². The van der Waals surface area contributed by atoms with E-state index >= 15 is 0 Å². The molecular formula is C17H14BrN3O2. The molecule has 6 heteroatoms. The highest BCUT2D eigenvalue weighted by Crippen LogP contribution is 2.17. The fourth-order valence-electron chi connectivity index (χ4n) is 2.33. The number of nitrogen functional groups attached to an aromatic ring is 1. The number of benzene rings is 2. The number of halogens is 1. The molecule has 0 aliphatic carbocycles. The van der Waals surface area contributed by atoms with Crippen molar-refractivity contribution in [1.82, 2.24) is 9.78 Å². The van der Waals surface area contributed by atoms with E-state index in [1.54, 1.807) is 24.3 Å². The van der Waals surface area contributed by atoms with Crippen LogP contribution in [0.25, 0.3) is 5.69 Å². The van der Waals surface area contributed by atoms with Crippen molar-refractivity contribution in [2.75, 3.05) is 5.73 Å². The van der Waals surface area contributed by atoms with E-state index < -0.39 is 0 Å². The van der Waals surface area contributed by atoms with Gasteiger partial charge in [0.2, 0.25) is 0 Å². The maximum Gasteiger partial charge on any atom is 0.270 e. The van der Waals surface area contributed by atoms with Gasteiger partial charge in [-0.25, -0.2) is 4.68 Å². The molecule has 3 rings (SSSR count). The summed E-state index contributed by atoms with van der Waals surface area (Å²) in [6.07, 6.45) is -0.0391. The van der Waals surface area contributed by atoms with Crippen molar-refractivity contribution in [2.45, 2.75) is 6.42 Å². The lowest BCUT2D eigenvalue weighted by molar-refractivity contribution is 0.0993. The maximum absolute atomic E-state index is 12.3. The van der Waals surface area contributed by atoms with Crippen LogP contribution in [-0.4, -0.2) is 15.6 Å². The number of hydrogen-bond donors (Lipinski definition) is 2. The van der Waals surface area contributed by atoms with Gasteiger partial charge < -0.3 is 5.73 Å². The predicted octanol–water partition coefficient (Wildman–Crippen LogP) is 2.94. The Hall–Kier alpha value is -2.60. The number of nitrogens with one attached hydrogen (secondary N) is 1. The molecule has 3 N–H and O–H groups in total. The second-order valence-electron chi connectivity index (χ2n) is 5.08. The van der Waals surface area contributed by atoms with Crippen LogP contribution in [0.5, 0.6) is 0 Å². The Kier molecular flexibility index (Phi) is 4.16. The summed E-state index contributed by atoms with van der Waals surface area (Å²) in [6.45, 7) is 0. The summed E-state index contributed by atoms with van der Waals surface area (Å²) in [7, 11) is 0. The summed E-state index contributed by atoms with van der Waals surface area (Å²) in [5, 5.41) is 2.67. The van der Waals surface area contributed by atoms with E-state index in [4.69, 9.17) is 5.73 Å². The van der Waals surface area contributed by atoms with Gasteiger partial charge in [0.05, 0.1) is 11.3 Å². The molecule has 3 aromatic rings. The Morgan fingerprint density at radius 2 is 1.74 bits per heavy atom. The largest absolute Gasteiger partial charge is 0.383 e. The second-order valence-corrected chi connectivity index (χ2v) is 6.00. The molecule has 1 heterocycles. The summed E-state index contributed by atoms with van der Waals surface area (Å²) in [4.78, 5) is 24.5. The standard InChI is InChI=1S/C17H14BrN3O2/c18-12-8-6-11(7-9-12)15(22)10-14-16(19)21(20-17(14)23)13-4-2-1-3-5-13/h1-9H,10,19H2,(H,20,23). The zero-order chi connectivity index (χ0) is 16.4. The number of carbonyl (C=O) groups is 1. The van der Waals surface area contributed by atoms with Crippen molar-refractivity contribution >= 4 is 27.5 Å². The smallest absolute Gasteiger partial charge is 0.270 e. The van der Waals surface area contributed by atoms with Gasteiger partial charge >= 0.3 is 0 Å². The van der Waals surface area contributed by atoms with E-state index in [1.165, 1.54) is 4.68 Å². The van der Waals surface area contributed by atoms with E-state index in [2.05, 4.69) is 21.0 Å². The highest BCUT2D eigenvalue weighted by atomic mass is 79.9. The Morgan fingerprint density at radius 1 is 1.09 bits per heavy atom. The highest BCUT2D eigenvalue weighted by Gasteiger charge is 2.17. The Labute approximate surface area is 140 Å². The molecule has 0 amide bonds. The Morgan fingerprint density at radius 3 is 2.39 bits per heavy atom. The van der Waals surface area contributed by atoms with Gasteiger partial charge in [-0.3, -0.25) is 14.7 Å². The third kappa shape index (κ3) is 3.12. The summed E-state index contributed by atoms with van der Waals surface area (Å²) < 4.78 is 2.38. The topological polar surface area (TPSA) is 80.9 Å².